The lowest BCUT2D eigenvalue weighted by atomic mass is 10.0. The Bertz CT molecular complexity index is 438. The summed E-state index contributed by atoms with van der Waals surface area (Å²) in [5.41, 5.74) is -0.894. The minimum atomic E-state index is -3.57. The van der Waals surface area contributed by atoms with Crippen LogP contribution in [0.2, 0.25) is 0 Å². The number of aliphatic hydroxyl groups is 1. The molecule has 2 N–H and O–H groups in total. The van der Waals surface area contributed by atoms with Crippen LogP contribution in [0.25, 0.3) is 0 Å². The van der Waals surface area contributed by atoms with Gasteiger partial charge in [0, 0.05) is 0 Å². The lowest BCUT2D eigenvalue weighted by Crippen LogP contribution is -2.50. The van der Waals surface area contributed by atoms with E-state index in [2.05, 4.69) is 4.72 Å². The Morgan fingerprint density at radius 2 is 1.75 bits per heavy atom. The number of aliphatic hydroxyl groups excluding tert-OH is 1. The molecule has 0 aliphatic carbocycles. The molecule has 0 amide bonds. The number of hydrogen-bond acceptors (Lipinski definition) is 3. The summed E-state index contributed by atoms with van der Waals surface area (Å²) in [4.78, 5) is 0.198. The van der Waals surface area contributed by atoms with E-state index in [-0.39, 0.29) is 4.90 Å². The molecule has 0 aliphatic rings. The van der Waals surface area contributed by atoms with Crippen LogP contribution in [0.15, 0.2) is 35.2 Å². The van der Waals surface area contributed by atoms with Gasteiger partial charge in [-0.05, 0) is 32.9 Å². The lowest BCUT2D eigenvalue weighted by molar-refractivity contribution is 0.111. The van der Waals surface area contributed by atoms with E-state index < -0.39 is 21.7 Å². The average molecular weight is 243 g/mol. The Hall–Kier alpha value is -0.910. The van der Waals surface area contributed by atoms with Crippen LogP contribution in [0.5, 0.6) is 0 Å². The summed E-state index contributed by atoms with van der Waals surface area (Å²) in [5.74, 6) is 0. The molecule has 0 radical (unpaired) electrons. The third-order valence-corrected chi connectivity index (χ3v) is 4.18. The molecular formula is C11H17NO3S. The smallest absolute Gasteiger partial charge is 0.241 e. The number of benzene rings is 1. The van der Waals surface area contributed by atoms with Gasteiger partial charge in [0.25, 0.3) is 0 Å². The second-order valence-corrected chi connectivity index (χ2v) is 6.00. The number of nitrogens with one attached hydrogen (secondary N) is 1. The molecule has 0 fully saturated rings. The van der Waals surface area contributed by atoms with Crippen LogP contribution >= 0.6 is 0 Å². The number of sulfonamides is 1. The Labute approximate surface area is 96.4 Å². The highest BCUT2D eigenvalue weighted by molar-refractivity contribution is 7.89. The van der Waals surface area contributed by atoms with Crippen molar-refractivity contribution in [3.8, 4) is 0 Å². The molecule has 0 heterocycles. The van der Waals surface area contributed by atoms with Gasteiger partial charge in [0.05, 0.1) is 16.5 Å². The number of hydrogen-bond donors (Lipinski definition) is 2. The molecule has 5 heteroatoms. The first-order valence-corrected chi connectivity index (χ1v) is 6.51. The molecule has 1 rings (SSSR count). The van der Waals surface area contributed by atoms with Gasteiger partial charge in [-0.2, -0.15) is 0 Å². The highest BCUT2D eigenvalue weighted by Gasteiger charge is 2.30. The van der Waals surface area contributed by atoms with Gasteiger partial charge >= 0.3 is 0 Å². The molecule has 0 aliphatic heterocycles. The molecule has 1 aromatic carbocycles. The van der Waals surface area contributed by atoms with Crippen LogP contribution in [0.4, 0.5) is 0 Å². The largest absolute Gasteiger partial charge is 0.391 e. The van der Waals surface area contributed by atoms with Gasteiger partial charge in [0.1, 0.15) is 0 Å². The van der Waals surface area contributed by atoms with E-state index in [0.717, 1.165) is 0 Å². The predicted molar refractivity (Wildman–Crippen MR) is 62.5 cm³/mol. The maximum absolute atomic E-state index is 11.9. The molecule has 1 atom stereocenters. The Morgan fingerprint density at radius 3 is 2.19 bits per heavy atom. The first-order chi connectivity index (χ1) is 7.26. The molecule has 0 bridgehead atoms. The zero-order chi connectivity index (χ0) is 12.4. The summed E-state index contributed by atoms with van der Waals surface area (Å²) in [6.07, 6.45) is -0.772. The molecule has 0 aromatic heterocycles. The van der Waals surface area contributed by atoms with Crippen molar-refractivity contribution < 1.29 is 13.5 Å². The zero-order valence-corrected chi connectivity index (χ0v) is 10.5. The summed E-state index contributed by atoms with van der Waals surface area (Å²) in [7, 11) is -3.57. The monoisotopic (exact) mass is 243 g/mol. The topological polar surface area (TPSA) is 66.4 Å². The van der Waals surface area contributed by atoms with Crippen LogP contribution in [-0.4, -0.2) is 25.2 Å². The SMILES string of the molecule is CC(O)C(C)(C)NS(=O)(=O)c1ccccc1. The van der Waals surface area contributed by atoms with Crippen molar-refractivity contribution >= 4 is 10.0 Å². The van der Waals surface area contributed by atoms with Crippen molar-refractivity contribution in [3.63, 3.8) is 0 Å². The van der Waals surface area contributed by atoms with E-state index >= 15 is 0 Å². The van der Waals surface area contributed by atoms with Gasteiger partial charge < -0.3 is 5.11 Å². The fourth-order valence-electron chi connectivity index (χ4n) is 1.09. The van der Waals surface area contributed by atoms with Crippen LogP contribution in [0.3, 0.4) is 0 Å². The maximum Gasteiger partial charge on any atom is 0.241 e. The minimum absolute atomic E-state index is 0.198. The molecule has 90 valence electrons. The average Bonchev–Trinajstić information content (AvgIpc) is 2.17. The van der Waals surface area contributed by atoms with Crippen molar-refractivity contribution in [2.24, 2.45) is 0 Å². The second-order valence-electron chi connectivity index (χ2n) is 4.32. The van der Waals surface area contributed by atoms with E-state index in [1.165, 1.54) is 12.1 Å². The third kappa shape index (κ3) is 3.04. The summed E-state index contributed by atoms with van der Waals surface area (Å²) >= 11 is 0. The molecule has 16 heavy (non-hydrogen) atoms. The van der Waals surface area contributed by atoms with Gasteiger partial charge in [-0.3, -0.25) is 0 Å². The molecule has 0 saturated heterocycles. The first kappa shape index (κ1) is 13.2. The highest BCUT2D eigenvalue weighted by Crippen LogP contribution is 2.15. The van der Waals surface area contributed by atoms with Crippen LogP contribution < -0.4 is 4.72 Å². The maximum atomic E-state index is 11.9. The van der Waals surface area contributed by atoms with Gasteiger partial charge in [-0.25, -0.2) is 13.1 Å². The van der Waals surface area contributed by atoms with E-state index in [0.29, 0.717) is 0 Å². The molecule has 4 nitrogen and oxygen atoms in total. The van der Waals surface area contributed by atoms with E-state index in [4.69, 9.17) is 0 Å². The van der Waals surface area contributed by atoms with Crippen molar-refractivity contribution in [2.75, 3.05) is 0 Å². The fourth-order valence-corrected chi connectivity index (χ4v) is 2.59. The summed E-state index contributed by atoms with van der Waals surface area (Å²) in [5, 5.41) is 9.46. The van der Waals surface area contributed by atoms with Gasteiger partial charge in [-0.1, -0.05) is 18.2 Å². The van der Waals surface area contributed by atoms with Gasteiger partial charge in [0.2, 0.25) is 10.0 Å². The van der Waals surface area contributed by atoms with Crippen LogP contribution in [0, 0.1) is 0 Å². The third-order valence-electron chi connectivity index (χ3n) is 2.50. The zero-order valence-electron chi connectivity index (χ0n) is 9.64. The summed E-state index contributed by atoms with van der Waals surface area (Å²) < 4.78 is 26.3. The number of rotatable bonds is 4. The fraction of sp³-hybridized carbons (Fsp3) is 0.455. The van der Waals surface area contributed by atoms with Crippen molar-refractivity contribution in [1.82, 2.24) is 4.72 Å². The minimum Gasteiger partial charge on any atom is -0.391 e. The Balaban J connectivity index is 2.98. The Kier molecular flexibility index (Phi) is 3.72. The molecular weight excluding hydrogens is 226 g/mol. The van der Waals surface area contributed by atoms with Crippen molar-refractivity contribution in [1.29, 1.82) is 0 Å². The lowest BCUT2D eigenvalue weighted by Gasteiger charge is -2.28. The van der Waals surface area contributed by atoms with Crippen molar-refractivity contribution in [2.45, 2.75) is 37.3 Å². The first-order valence-electron chi connectivity index (χ1n) is 5.03. The molecule has 0 spiro atoms. The molecule has 1 aromatic rings. The van der Waals surface area contributed by atoms with Crippen LogP contribution in [0.1, 0.15) is 20.8 Å². The second kappa shape index (κ2) is 4.53. The van der Waals surface area contributed by atoms with Gasteiger partial charge in [0.15, 0.2) is 0 Å². The molecule has 0 saturated carbocycles. The van der Waals surface area contributed by atoms with Crippen LogP contribution in [-0.2, 0) is 10.0 Å². The van der Waals surface area contributed by atoms with Gasteiger partial charge in [-0.15, -0.1) is 0 Å². The van der Waals surface area contributed by atoms with E-state index in [9.17, 15) is 13.5 Å². The van der Waals surface area contributed by atoms with Crippen molar-refractivity contribution in [3.05, 3.63) is 30.3 Å². The normalized spacial score (nSPS) is 14.8. The summed E-state index contributed by atoms with van der Waals surface area (Å²) in [6.45, 7) is 4.82. The summed E-state index contributed by atoms with van der Waals surface area (Å²) in [6, 6.07) is 8.09. The Morgan fingerprint density at radius 1 is 1.25 bits per heavy atom. The van der Waals surface area contributed by atoms with E-state index in [1.54, 1.807) is 39.0 Å². The predicted octanol–water partition coefficient (Wildman–Crippen LogP) is 1.12. The van der Waals surface area contributed by atoms with E-state index in [1.807, 2.05) is 0 Å². The molecule has 1 unspecified atom stereocenters. The highest BCUT2D eigenvalue weighted by atomic mass is 32.2. The standard InChI is InChI=1S/C11H17NO3S/c1-9(13)11(2,3)12-16(14,15)10-7-5-4-6-8-10/h4-9,12-13H,1-3H3. The quantitative estimate of drug-likeness (QED) is 0.833.